The van der Waals surface area contributed by atoms with E-state index in [1.54, 1.807) is 12.1 Å². The molecule has 1 N–H and O–H groups in total. The Labute approximate surface area is 194 Å². The highest BCUT2D eigenvalue weighted by molar-refractivity contribution is 7.92. The van der Waals surface area contributed by atoms with Crippen molar-refractivity contribution < 1.29 is 27.5 Å². The first kappa shape index (κ1) is 23.5. The number of Topliss-reactive ketones (excluding diaryl/α,β-unsaturated/α-hetero) is 1. The second-order valence-corrected chi connectivity index (χ2v) is 10.5. The molecule has 0 amide bonds. The lowest BCUT2D eigenvalue weighted by atomic mass is 9.96. The van der Waals surface area contributed by atoms with Crippen LogP contribution < -0.4 is 4.31 Å². The van der Waals surface area contributed by atoms with Gasteiger partial charge in [-0.1, -0.05) is 36.8 Å². The molecule has 1 aromatic heterocycles. The first-order valence-electron chi connectivity index (χ1n) is 11.1. The number of benzene rings is 2. The van der Waals surface area contributed by atoms with Crippen LogP contribution in [-0.4, -0.2) is 44.8 Å². The van der Waals surface area contributed by atoms with Crippen molar-refractivity contribution in [1.82, 2.24) is 0 Å². The highest BCUT2D eigenvalue weighted by Gasteiger charge is 2.33. The number of carbonyl (C=O) groups excluding carboxylic acids is 1. The van der Waals surface area contributed by atoms with Gasteiger partial charge in [-0.15, -0.1) is 0 Å². The zero-order chi connectivity index (χ0) is 23.9. The van der Waals surface area contributed by atoms with Crippen LogP contribution in [-0.2, 0) is 14.8 Å². The van der Waals surface area contributed by atoms with Crippen molar-refractivity contribution in [3.8, 4) is 11.3 Å². The molecule has 0 spiro atoms. The summed E-state index contributed by atoms with van der Waals surface area (Å²) >= 11 is 0. The van der Waals surface area contributed by atoms with Crippen LogP contribution in [0.15, 0.2) is 40.8 Å². The molecule has 0 fully saturated rings. The lowest BCUT2D eigenvalue weighted by molar-refractivity contribution is -0.0227. The third kappa shape index (κ3) is 4.43. The van der Waals surface area contributed by atoms with Crippen LogP contribution in [0.1, 0.15) is 54.3 Å². The molecule has 1 aliphatic rings. The molecular formula is C25H29NO6S. The Morgan fingerprint density at radius 3 is 2.52 bits per heavy atom. The summed E-state index contributed by atoms with van der Waals surface area (Å²) in [4.78, 5) is 13.2. The van der Waals surface area contributed by atoms with Gasteiger partial charge in [0.2, 0.25) is 10.0 Å². The van der Waals surface area contributed by atoms with Gasteiger partial charge in [0.15, 0.2) is 5.78 Å². The minimum absolute atomic E-state index is 0.00860. The largest absolute Gasteiger partial charge is 0.455 e. The topological polar surface area (TPSA) is 97.1 Å². The second kappa shape index (κ2) is 8.93. The number of rotatable bonds is 6. The van der Waals surface area contributed by atoms with Crippen LogP contribution >= 0.6 is 0 Å². The van der Waals surface area contributed by atoms with E-state index in [0.717, 1.165) is 17.4 Å². The fraction of sp³-hybridized carbons (Fsp3) is 0.400. The predicted molar refractivity (Wildman–Crippen MR) is 128 cm³/mol. The maximum absolute atomic E-state index is 13.2. The third-order valence-electron chi connectivity index (χ3n) is 5.98. The molecule has 0 saturated heterocycles. The van der Waals surface area contributed by atoms with Gasteiger partial charge in [-0.2, -0.15) is 0 Å². The van der Waals surface area contributed by atoms with Gasteiger partial charge >= 0.3 is 0 Å². The maximum atomic E-state index is 13.2. The molecule has 0 bridgehead atoms. The van der Waals surface area contributed by atoms with Crippen molar-refractivity contribution in [2.24, 2.45) is 0 Å². The van der Waals surface area contributed by atoms with E-state index in [1.165, 1.54) is 4.31 Å². The zero-order valence-corrected chi connectivity index (χ0v) is 20.1. The van der Waals surface area contributed by atoms with Crippen molar-refractivity contribution in [2.45, 2.75) is 45.8 Å². The van der Waals surface area contributed by atoms with Crippen molar-refractivity contribution in [3.63, 3.8) is 0 Å². The average Bonchev–Trinajstić information content (AvgIpc) is 3.06. The van der Waals surface area contributed by atoms with Crippen LogP contribution in [0.3, 0.4) is 0 Å². The zero-order valence-electron chi connectivity index (χ0n) is 19.3. The molecular weight excluding hydrogens is 442 g/mol. The van der Waals surface area contributed by atoms with Gasteiger partial charge in [-0.25, -0.2) is 8.42 Å². The Kier molecular flexibility index (Phi) is 6.35. The van der Waals surface area contributed by atoms with Crippen molar-refractivity contribution in [1.29, 1.82) is 0 Å². The molecule has 33 heavy (non-hydrogen) atoms. The predicted octanol–water partition coefficient (Wildman–Crippen LogP) is 4.61. The average molecular weight is 472 g/mol. The minimum Gasteiger partial charge on any atom is -0.455 e. The summed E-state index contributed by atoms with van der Waals surface area (Å²) < 4.78 is 38.7. The minimum atomic E-state index is -3.65. The van der Waals surface area contributed by atoms with Crippen molar-refractivity contribution >= 4 is 32.5 Å². The number of aliphatic hydroxyl groups excluding tert-OH is 1. The Hall–Kier alpha value is -2.68. The summed E-state index contributed by atoms with van der Waals surface area (Å²) in [6.45, 7) is 5.44. The molecule has 2 heterocycles. The number of hydrogen-bond acceptors (Lipinski definition) is 6. The van der Waals surface area contributed by atoms with Crippen LogP contribution in [0.2, 0.25) is 0 Å². The Morgan fingerprint density at radius 1 is 1.21 bits per heavy atom. The van der Waals surface area contributed by atoms with Gasteiger partial charge in [-0.05, 0) is 26.3 Å². The molecule has 0 radical (unpaired) electrons. The molecule has 0 saturated carbocycles. The summed E-state index contributed by atoms with van der Waals surface area (Å²) in [6, 6.07) is 11.2. The standard InChI is InChI=1S/C25H29NO6S/c1-5-6-22(28)24-20-11-19-16(3)31-18(14-27)13-26(33(4,29)30)21(19)12-23(20)32-25(24)17-9-7-15(2)8-10-17/h7-12,16,18,27H,5-6,13-14H2,1-4H3/t16-,18+/m0/s1. The fourth-order valence-corrected chi connectivity index (χ4v) is 5.28. The van der Waals surface area contributed by atoms with Gasteiger partial charge < -0.3 is 14.3 Å². The first-order chi connectivity index (χ1) is 15.6. The molecule has 0 aliphatic carbocycles. The van der Waals surface area contributed by atoms with E-state index in [9.17, 15) is 18.3 Å². The first-order valence-corrected chi connectivity index (χ1v) is 12.9. The Morgan fingerprint density at radius 2 is 1.91 bits per heavy atom. The number of ketones is 1. The normalized spacial score (nSPS) is 18.9. The number of carbonyl (C=O) groups is 1. The monoisotopic (exact) mass is 471 g/mol. The van der Waals surface area contributed by atoms with Crippen molar-refractivity contribution in [2.75, 3.05) is 23.7 Å². The summed E-state index contributed by atoms with van der Waals surface area (Å²) in [5, 5.41) is 10.3. The molecule has 2 atom stereocenters. The number of sulfonamides is 1. The molecule has 4 rings (SSSR count). The van der Waals surface area contributed by atoms with E-state index < -0.39 is 22.2 Å². The van der Waals surface area contributed by atoms with Crippen LogP contribution in [0.5, 0.6) is 0 Å². The van der Waals surface area contributed by atoms with Gasteiger partial charge in [0, 0.05) is 29.0 Å². The molecule has 176 valence electrons. The molecule has 1 aliphatic heterocycles. The summed E-state index contributed by atoms with van der Waals surface area (Å²) in [7, 11) is -3.65. The van der Waals surface area contributed by atoms with Crippen LogP contribution in [0.4, 0.5) is 5.69 Å². The van der Waals surface area contributed by atoms with Gasteiger partial charge in [-0.3, -0.25) is 9.10 Å². The lowest BCUT2D eigenvalue weighted by Gasteiger charge is -2.24. The van der Waals surface area contributed by atoms with Gasteiger partial charge in [0.25, 0.3) is 0 Å². The quantitative estimate of drug-likeness (QED) is 0.528. The number of ether oxygens (including phenoxy) is 1. The van der Waals surface area contributed by atoms with Gasteiger partial charge in [0.05, 0.1) is 42.9 Å². The SMILES string of the molecule is CCCC(=O)c1c(-c2ccc(C)cc2)oc2cc3c(cc12)[C@H](C)O[C@@H](CO)CN3S(C)(=O)=O. The van der Waals surface area contributed by atoms with E-state index in [-0.39, 0.29) is 18.9 Å². The van der Waals surface area contributed by atoms with Crippen LogP contribution in [0, 0.1) is 6.92 Å². The molecule has 8 heteroatoms. The van der Waals surface area contributed by atoms with E-state index in [0.29, 0.717) is 46.4 Å². The summed E-state index contributed by atoms with van der Waals surface area (Å²) in [6.07, 6.45) is 1.04. The number of aryl methyl sites for hydroxylation is 1. The smallest absolute Gasteiger partial charge is 0.232 e. The Bertz CT molecular complexity index is 1290. The summed E-state index contributed by atoms with van der Waals surface area (Å²) in [5.41, 5.74) is 3.89. The summed E-state index contributed by atoms with van der Waals surface area (Å²) in [5.74, 6) is 0.457. The van der Waals surface area contributed by atoms with E-state index in [1.807, 2.05) is 45.0 Å². The number of anilines is 1. The van der Waals surface area contributed by atoms with Gasteiger partial charge in [0.1, 0.15) is 11.3 Å². The Balaban J connectivity index is 2.00. The van der Waals surface area contributed by atoms with Crippen LogP contribution in [0.25, 0.3) is 22.3 Å². The lowest BCUT2D eigenvalue weighted by Crippen LogP contribution is -2.38. The maximum Gasteiger partial charge on any atom is 0.232 e. The highest BCUT2D eigenvalue weighted by Crippen LogP contribution is 2.42. The second-order valence-electron chi connectivity index (χ2n) is 8.63. The van der Waals surface area contributed by atoms with E-state index in [4.69, 9.17) is 9.15 Å². The van der Waals surface area contributed by atoms with E-state index >= 15 is 0 Å². The fourth-order valence-electron chi connectivity index (χ4n) is 4.33. The number of fused-ring (bicyclic) bond motifs is 2. The number of aliphatic hydroxyl groups is 1. The van der Waals surface area contributed by atoms with Crippen molar-refractivity contribution in [3.05, 3.63) is 53.1 Å². The molecule has 2 aromatic carbocycles. The number of hydrogen-bond donors (Lipinski definition) is 1. The molecule has 3 aromatic rings. The third-order valence-corrected chi connectivity index (χ3v) is 7.13. The number of nitrogens with zero attached hydrogens (tertiary/aromatic N) is 1. The molecule has 0 unspecified atom stereocenters. The number of furan rings is 1. The van der Waals surface area contributed by atoms with E-state index in [2.05, 4.69) is 0 Å². The highest BCUT2D eigenvalue weighted by atomic mass is 32.2. The molecule has 7 nitrogen and oxygen atoms in total.